The number of allylic oxidation sites excluding steroid dienone is 1. The number of carbonyl (C=O) groups is 1. The lowest BCUT2D eigenvalue weighted by atomic mass is 10.2. The van der Waals surface area contributed by atoms with Gasteiger partial charge in [0.15, 0.2) is 0 Å². The highest BCUT2D eigenvalue weighted by Gasteiger charge is 2.00. The van der Waals surface area contributed by atoms with Crippen LogP contribution in [-0.4, -0.2) is 12.6 Å². The predicted octanol–water partition coefficient (Wildman–Crippen LogP) is 1.83. The number of hydrogen-bond acceptors (Lipinski definition) is 4. The van der Waals surface area contributed by atoms with Gasteiger partial charge in [0.25, 0.3) is 0 Å². The molecular weight excluding hydrogens is 216 g/mol. The van der Waals surface area contributed by atoms with Crippen molar-refractivity contribution in [1.82, 2.24) is 5.32 Å². The number of anilines is 1. The summed E-state index contributed by atoms with van der Waals surface area (Å²) in [6.07, 6.45) is 1.43. The van der Waals surface area contributed by atoms with E-state index in [4.69, 9.17) is 10.5 Å². The SMILES string of the molecule is CCOC(=O)/C=C(/C)NCc1ccccc1N. The Kier molecular flexibility index (Phi) is 5.07. The maximum Gasteiger partial charge on any atom is 0.332 e. The Morgan fingerprint density at radius 3 is 2.82 bits per heavy atom. The van der Waals surface area contributed by atoms with Crippen molar-refractivity contribution in [3.8, 4) is 0 Å². The van der Waals surface area contributed by atoms with Crippen LogP contribution in [0.5, 0.6) is 0 Å². The van der Waals surface area contributed by atoms with Crippen molar-refractivity contribution in [3.63, 3.8) is 0 Å². The molecule has 4 nitrogen and oxygen atoms in total. The zero-order chi connectivity index (χ0) is 12.7. The van der Waals surface area contributed by atoms with E-state index >= 15 is 0 Å². The van der Waals surface area contributed by atoms with Crippen molar-refractivity contribution in [1.29, 1.82) is 0 Å². The third kappa shape index (κ3) is 4.59. The average Bonchev–Trinajstić information content (AvgIpc) is 2.28. The summed E-state index contributed by atoms with van der Waals surface area (Å²) in [6, 6.07) is 7.61. The third-order valence-electron chi connectivity index (χ3n) is 2.23. The van der Waals surface area contributed by atoms with Crippen LogP contribution in [0.4, 0.5) is 5.69 Å². The first kappa shape index (κ1) is 13.1. The average molecular weight is 234 g/mol. The van der Waals surface area contributed by atoms with Gasteiger partial charge in [0.05, 0.1) is 6.61 Å². The van der Waals surface area contributed by atoms with E-state index in [0.29, 0.717) is 13.2 Å². The van der Waals surface area contributed by atoms with Crippen molar-refractivity contribution in [2.75, 3.05) is 12.3 Å². The van der Waals surface area contributed by atoms with Gasteiger partial charge in [0, 0.05) is 24.0 Å². The van der Waals surface area contributed by atoms with E-state index in [9.17, 15) is 4.79 Å². The molecule has 0 saturated carbocycles. The van der Waals surface area contributed by atoms with Crippen LogP contribution in [-0.2, 0) is 16.1 Å². The maximum atomic E-state index is 11.2. The largest absolute Gasteiger partial charge is 0.463 e. The summed E-state index contributed by atoms with van der Waals surface area (Å²) >= 11 is 0. The molecule has 0 aliphatic rings. The Hall–Kier alpha value is -1.97. The molecule has 0 bridgehead atoms. The number of ether oxygens (including phenoxy) is 1. The molecule has 1 aromatic carbocycles. The second-order valence-corrected chi connectivity index (χ2v) is 3.63. The Labute approximate surface area is 101 Å². The molecule has 0 aliphatic heterocycles. The Morgan fingerprint density at radius 1 is 1.47 bits per heavy atom. The van der Waals surface area contributed by atoms with Crippen LogP contribution >= 0.6 is 0 Å². The molecule has 0 spiro atoms. The van der Waals surface area contributed by atoms with Crippen molar-refractivity contribution < 1.29 is 9.53 Å². The van der Waals surface area contributed by atoms with Gasteiger partial charge in [-0.15, -0.1) is 0 Å². The lowest BCUT2D eigenvalue weighted by Crippen LogP contribution is -2.14. The molecule has 0 heterocycles. The van der Waals surface area contributed by atoms with E-state index < -0.39 is 0 Å². The van der Waals surface area contributed by atoms with Crippen LogP contribution in [0.2, 0.25) is 0 Å². The van der Waals surface area contributed by atoms with E-state index in [1.54, 1.807) is 6.92 Å². The number of hydrogen-bond donors (Lipinski definition) is 2. The zero-order valence-corrected chi connectivity index (χ0v) is 10.2. The molecule has 0 fully saturated rings. The smallest absolute Gasteiger partial charge is 0.332 e. The normalized spacial score (nSPS) is 11.1. The molecule has 0 radical (unpaired) electrons. The number of benzene rings is 1. The summed E-state index contributed by atoms with van der Waals surface area (Å²) in [7, 11) is 0. The summed E-state index contributed by atoms with van der Waals surface area (Å²) in [5.41, 5.74) is 8.30. The van der Waals surface area contributed by atoms with Gasteiger partial charge in [-0.05, 0) is 25.5 Å². The highest BCUT2D eigenvalue weighted by Crippen LogP contribution is 2.10. The molecule has 1 aromatic rings. The van der Waals surface area contributed by atoms with E-state index in [0.717, 1.165) is 16.9 Å². The number of rotatable bonds is 5. The molecule has 0 saturated heterocycles. The number of nitrogens with two attached hydrogens (primary N) is 1. The van der Waals surface area contributed by atoms with Crippen molar-refractivity contribution in [2.24, 2.45) is 0 Å². The first-order valence-corrected chi connectivity index (χ1v) is 5.55. The maximum absolute atomic E-state index is 11.2. The molecule has 0 amide bonds. The van der Waals surface area contributed by atoms with Gasteiger partial charge in [-0.2, -0.15) is 0 Å². The van der Waals surface area contributed by atoms with E-state index in [1.165, 1.54) is 6.08 Å². The van der Waals surface area contributed by atoms with Crippen LogP contribution in [0.1, 0.15) is 19.4 Å². The van der Waals surface area contributed by atoms with Crippen molar-refractivity contribution >= 4 is 11.7 Å². The van der Waals surface area contributed by atoms with Crippen molar-refractivity contribution in [2.45, 2.75) is 20.4 Å². The topological polar surface area (TPSA) is 64.3 Å². The number of carbonyl (C=O) groups excluding carboxylic acids is 1. The lowest BCUT2D eigenvalue weighted by Gasteiger charge is -2.08. The number of esters is 1. The monoisotopic (exact) mass is 234 g/mol. The minimum Gasteiger partial charge on any atom is -0.463 e. The molecule has 3 N–H and O–H groups in total. The molecule has 4 heteroatoms. The Morgan fingerprint density at radius 2 is 2.18 bits per heavy atom. The molecule has 0 aliphatic carbocycles. The van der Waals surface area contributed by atoms with Gasteiger partial charge >= 0.3 is 5.97 Å². The molecule has 0 atom stereocenters. The van der Waals surface area contributed by atoms with Gasteiger partial charge in [0.1, 0.15) is 0 Å². The minimum absolute atomic E-state index is 0.335. The first-order valence-electron chi connectivity index (χ1n) is 5.55. The van der Waals surface area contributed by atoms with Crippen LogP contribution in [0.15, 0.2) is 36.0 Å². The van der Waals surface area contributed by atoms with E-state index in [1.807, 2.05) is 31.2 Å². The molecule has 92 valence electrons. The fraction of sp³-hybridized carbons (Fsp3) is 0.308. The number of nitrogen functional groups attached to an aromatic ring is 1. The van der Waals surface area contributed by atoms with E-state index in [-0.39, 0.29) is 5.97 Å². The highest BCUT2D eigenvalue weighted by molar-refractivity contribution is 5.82. The predicted molar refractivity (Wildman–Crippen MR) is 68.1 cm³/mol. The second-order valence-electron chi connectivity index (χ2n) is 3.63. The van der Waals surface area contributed by atoms with Crippen LogP contribution in [0.25, 0.3) is 0 Å². The minimum atomic E-state index is -0.335. The van der Waals surface area contributed by atoms with Gasteiger partial charge in [-0.25, -0.2) is 4.79 Å². The third-order valence-corrected chi connectivity index (χ3v) is 2.23. The van der Waals surface area contributed by atoms with Crippen LogP contribution < -0.4 is 11.1 Å². The summed E-state index contributed by atoms with van der Waals surface area (Å²) in [5, 5.41) is 3.11. The van der Waals surface area contributed by atoms with Crippen LogP contribution in [0.3, 0.4) is 0 Å². The number of nitrogens with one attached hydrogen (secondary N) is 1. The summed E-state index contributed by atoms with van der Waals surface area (Å²) < 4.78 is 4.81. The van der Waals surface area contributed by atoms with Crippen molar-refractivity contribution in [3.05, 3.63) is 41.6 Å². The fourth-order valence-electron chi connectivity index (χ4n) is 1.34. The highest BCUT2D eigenvalue weighted by atomic mass is 16.5. The van der Waals surface area contributed by atoms with Crippen LogP contribution in [0, 0.1) is 0 Å². The van der Waals surface area contributed by atoms with E-state index in [2.05, 4.69) is 5.32 Å². The molecule has 0 unspecified atom stereocenters. The first-order chi connectivity index (χ1) is 8.13. The molecular formula is C13H18N2O2. The Bertz CT molecular complexity index is 414. The fourth-order valence-corrected chi connectivity index (χ4v) is 1.34. The van der Waals surface area contributed by atoms with Gasteiger partial charge in [-0.1, -0.05) is 18.2 Å². The quantitative estimate of drug-likeness (QED) is 0.463. The standard InChI is InChI=1S/C13H18N2O2/c1-3-17-13(16)8-10(2)15-9-11-6-4-5-7-12(11)14/h4-8,15H,3,9,14H2,1-2H3/b10-8-. The Balaban J connectivity index is 2.51. The summed E-state index contributed by atoms with van der Waals surface area (Å²) in [6.45, 7) is 4.57. The van der Waals surface area contributed by atoms with Gasteiger partial charge in [-0.3, -0.25) is 0 Å². The number of para-hydroxylation sites is 1. The molecule has 1 rings (SSSR count). The second kappa shape index (κ2) is 6.58. The molecule has 0 aromatic heterocycles. The lowest BCUT2D eigenvalue weighted by molar-refractivity contribution is -0.137. The van der Waals surface area contributed by atoms with Gasteiger partial charge in [0.2, 0.25) is 0 Å². The zero-order valence-electron chi connectivity index (χ0n) is 10.2. The summed E-state index contributed by atoms with van der Waals surface area (Å²) in [4.78, 5) is 11.2. The van der Waals surface area contributed by atoms with Gasteiger partial charge < -0.3 is 15.8 Å². The summed E-state index contributed by atoms with van der Waals surface area (Å²) in [5.74, 6) is -0.335. The molecule has 17 heavy (non-hydrogen) atoms.